The second kappa shape index (κ2) is 5.70. The Labute approximate surface area is 114 Å². The van der Waals surface area contributed by atoms with Gasteiger partial charge in [0.25, 0.3) is 0 Å². The minimum absolute atomic E-state index is 0.0585. The van der Waals surface area contributed by atoms with Crippen molar-refractivity contribution >= 4 is 22.9 Å². The van der Waals surface area contributed by atoms with Crippen LogP contribution in [0.3, 0.4) is 0 Å². The number of benzene rings is 1. The number of rotatable bonds is 5. The lowest BCUT2D eigenvalue weighted by Gasteiger charge is -2.17. The fraction of sp³-hybridized carbons (Fsp3) is 0.308. The summed E-state index contributed by atoms with van der Waals surface area (Å²) in [6.45, 7) is 1.25. The molecule has 0 aliphatic carbocycles. The lowest BCUT2D eigenvalue weighted by Crippen LogP contribution is -2.48. The number of para-hydroxylation sites is 2. The van der Waals surface area contributed by atoms with Gasteiger partial charge in [0, 0.05) is 0 Å². The quantitative estimate of drug-likeness (QED) is 0.713. The van der Waals surface area contributed by atoms with E-state index in [4.69, 9.17) is 5.11 Å². The molecule has 2 rings (SSSR count). The molecule has 0 aliphatic heterocycles. The highest BCUT2D eigenvalue weighted by atomic mass is 16.4. The van der Waals surface area contributed by atoms with Crippen molar-refractivity contribution in [2.75, 3.05) is 0 Å². The number of aliphatic hydroxyl groups is 1. The standard InChI is InChI=1S/C13H15N3O4/c1-8(17)12(13(19)20)15-11(18)6-16-7-14-9-4-2-3-5-10(9)16/h2-5,7-8,12,17H,6H2,1H3,(H,15,18)(H,19,20). The Morgan fingerprint density at radius 1 is 1.40 bits per heavy atom. The average molecular weight is 277 g/mol. The highest BCUT2D eigenvalue weighted by Gasteiger charge is 2.25. The number of amides is 1. The van der Waals surface area contributed by atoms with Crippen molar-refractivity contribution in [3.05, 3.63) is 30.6 Å². The van der Waals surface area contributed by atoms with Crippen molar-refractivity contribution in [1.82, 2.24) is 14.9 Å². The van der Waals surface area contributed by atoms with E-state index in [0.717, 1.165) is 11.0 Å². The number of aromatic nitrogens is 2. The molecule has 7 heteroatoms. The smallest absolute Gasteiger partial charge is 0.328 e. The van der Waals surface area contributed by atoms with E-state index in [1.54, 1.807) is 4.57 Å². The molecule has 7 nitrogen and oxygen atoms in total. The van der Waals surface area contributed by atoms with Crippen molar-refractivity contribution in [3.8, 4) is 0 Å². The number of aliphatic carboxylic acids is 1. The highest BCUT2D eigenvalue weighted by Crippen LogP contribution is 2.11. The number of nitrogens with zero attached hydrogens (tertiary/aromatic N) is 2. The number of hydrogen-bond acceptors (Lipinski definition) is 4. The van der Waals surface area contributed by atoms with Crippen LogP contribution in [0.5, 0.6) is 0 Å². The highest BCUT2D eigenvalue weighted by molar-refractivity contribution is 5.85. The van der Waals surface area contributed by atoms with E-state index in [-0.39, 0.29) is 6.54 Å². The molecule has 1 heterocycles. The molecule has 1 aromatic heterocycles. The molecule has 0 saturated carbocycles. The van der Waals surface area contributed by atoms with Gasteiger partial charge in [-0.1, -0.05) is 12.1 Å². The predicted molar refractivity (Wildman–Crippen MR) is 71.0 cm³/mol. The molecule has 1 amide bonds. The predicted octanol–water partition coefficient (Wildman–Crippen LogP) is -0.0135. The minimum Gasteiger partial charge on any atom is -0.480 e. The number of imidazole rings is 1. The van der Waals surface area contributed by atoms with Gasteiger partial charge in [0.1, 0.15) is 6.54 Å². The fourth-order valence-corrected chi connectivity index (χ4v) is 1.90. The van der Waals surface area contributed by atoms with E-state index in [1.807, 2.05) is 24.3 Å². The molecule has 0 bridgehead atoms. The van der Waals surface area contributed by atoms with Gasteiger partial charge in [0.05, 0.1) is 23.5 Å². The third kappa shape index (κ3) is 2.94. The van der Waals surface area contributed by atoms with E-state index >= 15 is 0 Å². The summed E-state index contributed by atoms with van der Waals surface area (Å²) >= 11 is 0. The first-order valence-corrected chi connectivity index (χ1v) is 6.09. The van der Waals surface area contributed by atoms with Gasteiger partial charge in [0.15, 0.2) is 6.04 Å². The fourth-order valence-electron chi connectivity index (χ4n) is 1.90. The Morgan fingerprint density at radius 2 is 2.10 bits per heavy atom. The molecule has 1 aromatic carbocycles. The van der Waals surface area contributed by atoms with E-state index in [0.29, 0.717) is 0 Å². The van der Waals surface area contributed by atoms with Crippen molar-refractivity contribution in [2.24, 2.45) is 0 Å². The van der Waals surface area contributed by atoms with Gasteiger partial charge in [-0.2, -0.15) is 0 Å². The summed E-state index contributed by atoms with van der Waals surface area (Å²) in [5.74, 6) is -1.77. The maximum absolute atomic E-state index is 11.8. The number of carboxylic acids is 1. The van der Waals surface area contributed by atoms with E-state index in [9.17, 15) is 14.7 Å². The third-order valence-electron chi connectivity index (χ3n) is 2.91. The minimum atomic E-state index is -1.32. The van der Waals surface area contributed by atoms with Crippen LogP contribution in [0, 0.1) is 0 Å². The van der Waals surface area contributed by atoms with Gasteiger partial charge in [-0.15, -0.1) is 0 Å². The normalized spacial score (nSPS) is 13.9. The molecule has 0 saturated heterocycles. The van der Waals surface area contributed by atoms with Crippen LogP contribution in [-0.4, -0.2) is 43.8 Å². The number of hydrogen-bond donors (Lipinski definition) is 3. The topological polar surface area (TPSA) is 104 Å². The zero-order valence-electron chi connectivity index (χ0n) is 10.9. The number of carbonyl (C=O) groups is 2. The molecule has 20 heavy (non-hydrogen) atoms. The summed E-state index contributed by atoms with van der Waals surface area (Å²) in [4.78, 5) is 26.9. The van der Waals surface area contributed by atoms with Crippen molar-refractivity contribution in [1.29, 1.82) is 0 Å². The van der Waals surface area contributed by atoms with E-state index < -0.39 is 24.0 Å². The molecular weight excluding hydrogens is 262 g/mol. The van der Waals surface area contributed by atoms with Crippen LogP contribution < -0.4 is 5.32 Å². The van der Waals surface area contributed by atoms with Crippen LogP contribution >= 0.6 is 0 Å². The average Bonchev–Trinajstić information content (AvgIpc) is 2.79. The van der Waals surface area contributed by atoms with Gasteiger partial charge >= 0.3 is 5.97 Å². The maximum atomic E-state index is 11.8. The third-order valence-corrected chi connectivity index (χ3v) is 2.91. The van der Waals surface area contributed by atoms with Gasteiger partial charge in [-0.25, -0.2) is 9.78 Å². The first kappa shape index (κ1) is 14.0. The summed E-state index contributed by atoms with van der Waals surface area (Å²) in [5, 5.41) is 20.5. The van der Waals surface area contributed by atoms with Crippen LogP contribution in [0.1, 0.15) is 6.92 Å². The monoisotopic (exact) mass is 277 g/mol. The summed E-state index contributed by atoms with van der Waals surface area (Å²) in [6.07, 6.45) is 0.346. The first-order chi connectivity index (χ1) is 9.49. The van der Waals surface area contributed by atoms with Crippen molar-refractivity contribution in [2.45, 2.75) is 25.6 Å². The van der Waals surface area contributed by atoms with Crippen molar-refractivity contribution < 1.29 is 19.8 Å². The number of carbonyl (C=O) groups excluding carboxylic acids is 1. The van der Waals surface area contributed by atoms with Crippen LogP contribution in [-0.2, 0) is 16.1 Å². The van der Waals surface area contributed by atoms with Gasteiger partial charge in [-0.3, -0.25) is 4.79 Å². The van der Waals surface area contributed by atoms with Gasteiger partial charge in [0.2, 0.25) is 5.91 Å². The Bertz CT molecular complexity index is 635. The number of nitrogens with one attached hydrogen (secondary N) is 1. The van der Waals surface area contributed by atoms with Crippen LogP contribution in [0.4, 0.5) is 0 Å². The summed E-state index contributed by atoms with van der Waals surface area (Å²) in [5.41, 5.74) is 1.54. The van der Waals surface area contributed by atoms with E-state index in [1.165, 1.54) is 13.3 Å². The zero-order chi connectivity index (χ0) is 14.7. The Kier molecular flexibility index (Phi) is 3.99. The summed E-state index contributed by atoms with van der Waals surface area (Å²) in [7, 11) is 0. The SMILES string of the molecule is CC(O)C(NC(=O)Cn1cnc2ccccc21)C(=O)O. The van der Waals surface area contributed by atoms with Gasteiger partial charge < -0.3 is 20.1 Å². The molecule has 3 N–H and O–H groups in total. The Morgan fingerprint density at radius 3 is 2.75 bits per heavy atom. The Balaban J connectivity index is 2.10. The second-order valence-corrected chi connectivity index (χ2v) is 4.49. The molecular formula is C13H15N3O4. The van der Waals surface area contributed by atoms with Gasteiger partial charge in [-0.05, 0) is 19.1 Å². The molecule has 0 radical (unpaired) electrons. The van der Waals surface area contributed by atoms with E-state index in [2.05, 4.69) is 10.3 Å². The van der Waals surface area contributed by atoms with Crippen molar-refractivity contribution in [3.63, 3.8) is 0 Å². The maximum Gasteiger partial charge on any atom is 0.328 e. The lowest BCUT2D eigenvalue weighted by atomic mass is 10.2. The number of fused-ring (bicyclic) bond motifs is 1. The molecule has 0 spiro atoms. The molecule has 2 atom stereocenters. The summed E-state index contributed by atoms with van der Waals surface area (Å²) < 4.78 is 1.62. The summed E-state index contributed by atoms with van der Waals surface area (Å²) in [6, 6.07) is 5.98. The molecule has 0 aliphatic rings. The molecule has 2 unspecified atom stereocenters. The van der Waals surface area contributed by atoms with Crippen LogP contribution in [0.2, 0.25) is 0 Å². The Hall–Kier alpha value is -2.41. The van der Waals surface area contributed by atoms with Crippen LogP contribution in [0.25, 0.3) is 11.0 Å². The molecule has 0 fully saturated rings. The zero-order valence-corrected chi connectivity index (χ0v) is 10.9. The molecule has 106 valence electrons. The largest absolute Gasteiger partial charge is 0.480 e. The number of aliphatic hydroxyl groups excluding tert-OH is 1. The first-order valence-electron chi connectivity index (χ1n) is 6.09. The number of carboxylic acid groups (broad SMARTS) is 1. The lowest BCUT2D eigenvalue weighted by molar-refractivity contribution is -0.144. The van der Waals surface area contributed by atoms with Crippen LogP contribution in [0.15, 0.2) is 30.6 Å². The molecule has 2 aromatic rings. The second-order valence-electron chi connectivity index (χ2n) is 4.49.